The van der Waals surface area contributed by atoms with Gasteiger partial charge in [-0.15, -0.1) is 0 Å². The van der Waals surface area contributed by atoms with Crippen molar-refractivity contribution in [2.45, 2.75) is 24.9 Å². The molecule has 4 rings (SSSR count). The average molecular weight is 242 g/mol. The lowest BCUT2D eigenvalue weighted by atomic mass is 10.1. The molecule has 0 radical (unpaired) electrons. The van der Waals surface area contributed by atoms with E-state index in [2.05, 4.69) is 45.0 Å². The lowest BCUT2D eigenvalue weighted by Crippen LogP contribution is -2.52. The first-order chi connectivity index (χ1) is 8.83. The fourth-order valence-electron chi connectivity index (χ4n) is 3.52. The van der Waals surface area contributed by atoms with Gasteiger partial charge in [-0.3, -0.25) is 4.90 Å². The zero-order valence-corrected chi connectivity index (χ0v) is 10.6. The van der Waals surface area contributed by atoms with Gasteiger partial charge < -0.3 is 9.88 Å². The zero-order valence-electron chi connectivity index (χ0n) is 10.6. The minimum absolute atomic E-state index is 0.720. The zero-order chi connectivity index (χ0) is 12.1. The maximum Gasteiger partial charge on any atom is 0.112 e. The second-order valence-corrected chi connectivity index (χ2v) is 5.53. The maximum absolute atomic E-state index is 4.47. The van der Waals surface area contributed by atoms with Crippen LogP contribution in [0.5, 0.6) is 0 Å². The summed E-state index contributed by atoms with van der Waals surface area (Å²) < 4.78 is 0. The first kappa shape index (κ1) is 10.4. The van der Waals surface area contributed by atoms with Crippen LogP contribution in [0.4, 0.5) is 5.69 Å². The molecule has 0 unspecified atom stereocenters. The van der Waals surface area contributed by atoms with Gasteiger partial charge in [0.15, 0.2) is 0 Å². The molecule has 2 bridgehead atoms. The van der Waals surface area contributed by atoms with Crippen LogP contribution in [0.1, 0.15) is 12.8 Å². The molecule has 18 heavy (non-hydrogen) atoms. The number of benzene rings is 1. The van der Waals surface area contributed by atoms with Crippen molar-refractivity contribution in [3.8, 4) is 0 Å². The van der Waals surface area contributed by atoms with Crippen LogP contribution in [0.2, 0.25) is 0 Å². The number of imidazole rings is 1. The summed E-state index contributed by atoms with van der Waals surface area (Å²) in [6.45, 7) is 2.28. The first-order valence-corrected chi connectivity index (χ1v) is 6.72. The Morgan fingerprint density at radius 2 is 2.00 bits per heavy atom. The van der Waals surface area contributed by atoms with E-state index < -0.39 is 0 Å². The lowest BCUT2D eigenvalue weighted by Gasteiger charge is -2.40. The number of para-hydroxylation sites is 1. The number of aromatic nitrogens is 2. The Hall–Kier alpha value is -1.55. The van der Waals surface area contributed by atoms with Crippen LogP contribution in [-0.4, -0.2) is 47.1 Å². The van der Waals surface area contributed by atoms with Gasteiger partial charge in [-0.1, -0.05) is 6.07 Å². The number of nitrogens with zero attached hydrogens (tertiary/aromatic N) is 3. The number of H-pyrrole nitrogens is 1. The van der Waals surface area contributed by atoms with E-state index in [-0.39, 0.29) is 0 Å². The van der Waals surface area contributed by atoms with Crippen LogP contribution in [0.25, 0.3) is 11.0 Å². The van der Waals surface area contributed by atoms with Crippen molar-refractivity contribution in [3.05, 3.63) is 24.5 Å². The molecule has 1 aromatic carbocycles. The molecule has 2 atom stereocenters. The van der Waals surface area contributed by atoms with E-state index in [4.69, 9.17) is 0 Å². The van der Waals surface area contributed by atoms with E-state index >= 15 is 0 Å². The van der Waals surface area contributed by atoms with E-state index in [0.717, 1.165) is 36.2 Å². The molecule has 2 saturated heterocycles. The Labute approximate surface area is 107 Å². The largest absolute Gasteiger partial charge is 0.367 e. The summed E-state index contributed by atoms with van der Waals surface area (Å²) in [6.07, 6.45) is 4.47. The third-order valence-corrected chi connectivity index (χ3v) is 4.62. The van der Waals surface area contributed by atoms with Gasteiger partial charge in [0.2, 0.25) is 0 Å². The normalized spacial score (nSPS) is 28.2. The summed E-state index contributed by atoms with van der Waals surface area (Å²) in [6, 6.07) is 7.86. The van der Waals surface area contributed by atoms with E-state index in [1.54, 1.807) is 6.33 Å². The number of rotatable bonds is 1. The summed E-state index contributed by atoms with van der Waals surface area (Å²) in [7, 11) is 2.27. The summed E-state index contributed by atoms with van der Waals surface area (Å²) in [5.41, 5.74) is 3.54. The van der Waals surface area contributed by atoms with Crippen molar-refractivity contribution in [1.82, 2.24) is 14.9 Å². The molecule has 1 N–H and O–H groups in total. The van der Waals surface area contributed by atoms with Crippen LogP contribution in [-0.2, 0) is 0 Å². The molecule has 1 aromatic heterocycles. The van der Waals surface area contributed by atoms with Crippen LogP contribution in [0, 0.1) is 0 Å². The molecule has 2 aliphatic rings. The number of fused-ring (bicyclic) bond motifs is 3. The van der Waals surface area contributed by atoms with E-state index in [9.17, 15) is 0 Å². The molecule has 0 saturated carbocycles. The molecule has 2 fully saturated rings. The fraction of sp³-hybridized carbons (Fsp3) is 0.500. The number of piperazine rings is 1. The van der Waals surface area contributed by atoms with Gasteiger partial charge in [0.1, 0.15) is 5.52 Å². The third kappa shape index (κ3) is 1.38. The summed E-state index contributed by atoms with van der Waals surface area (Å²) >= 11 is 0. The quantitative estimate of drug-likeness (QED) is 0.829. The Morgan fingerprint density at radius 3 is 2.78 bits per heavy atom. The van der Waals surface area contributed by atoms with Crippen molar-refractivity contribution in [2.24, 2.45) is 0 Å². The Morgan fingerprint density at radius 1 is 1.22 bits per heavy atom. The smallest absolute Gasteiger partial charge is 0.112 e. The first-order valence-electron chi connectivity index (χ1n) is 6.72. The second kappa shape index (κ2) is 3.72. The van der Waals surface area contributed by atoms with Crippen LogP contribution in [0.15, 0.2) is 24.5 Å². The summed E-state index contributed by atoms with van der Waals surface area (Å²) in [5.74, 6) is 0. The topological polar surface area (TPSA) is 35.2 Å². The van der Waals surface area contributed by atoms with Gasteiger partial charge in [-0.2, -0.15) is 0 Å². The highest BCUT2D eigenvalue weighted by atomic mass is 15.3. The van der Waals surface area contributed by atoms with Crippen molar-refractivity contribution in [3.63, 3.8) is 0 Å². The van der Waals surface area contributed by atoms with Gasteiger partial charge >= 0.3 is 0 Å². The Balaban J connectivity index is 1.74. The summed E-state index contributed by atoms with van der Waals surface area (Å²) in [5, 5.41) is 0. The molecule has 94 valence electrons. The number of likely N-dealkylation sites (N-methyl/N-ethyl adjacent to an activating group) is 1. The predicted octanol–water partition coefficient (Wildman–Crippen LogP) is 1.85. The highest BCUT2D eigenvalue weighted by Crippen LogP contribution is 2.33. The molecule has 2 aliphatic heterocycles. The number of aromatic amines is 1. The van der Waals surface area contributed by atoms with Gasteiger partial charge in [0, 0.05) is 25.2 Å². The minimum Gasteiger partial charge on any atom is -0.367 e. The van der Waals surface area contributed by atoms with E-state index in [1.807, 2.05) is 0 Å². The molecule has 0 aliphatic carbocycles. The summed E-state index contributed by atoms with van der Waals surface area (Å²) in [4.78, 5) is 12.7. The van der Waals surface area contributed by atoms with Crippen molar-refractivity contribution in [1.29, 1.82) is 0 Å². The van der Waals surface area contributed by atoms with Crippen LogP contribution >= 0.6 is 0 Å². The SMILES string of the molecule is CN1[C@@H]2CC[C@H]1CN(c1cccc3[nH]cnc13)C2. The van der Waals surface area contributed by atoms with Crippen LogP contribution < -0.4 is 4.90 Å². The molecule has 4 nitrogen and oxygen atoms in total. The third-order valence-electron chi connectivity index (χ3n) is 4.62. The predicted molar refractivity (Wildman–Crippen MR) is 72.9 cm³/mol. The maximum atomic E-state index is 4.47. The molecule has 3 heterocycles. The monoisotopic (exact) mass is 242 g/mol. The van der Waals surface area contributed by atoms with E-state index in [0.29, 0.717) is 0 Å². The highest BCUT2D eigenvalue weighted by molar-refractivity contribution is 5.88. The molecular formula is C14H18N4. The minimum atomic E-state index is 0.720. The number of nitrogens with one attached hydrogen (secondary N) is 1. The van der Waals surface area contributed by atoms with Crippen molar-refractivity contribution < 1.29 is 0 Å². The van der Waals surface area contributed by atoms with Crippen LogP contribution in [0.3, 0.4) is 0 Å². The number of anilines is 1. The Bertz CT molecular complexity index is 562. The van der Waals surface area contributed by atoms with Crippen molar-refractivity contribution in [2.75, 3.05) is 25.0 Å². The molecule has 0 amide bonds. The van der Waals surface area contributed by atoms with Gasteiger partial charge in [0.25, 0.3) is 0 Å². The average Bonchev–Trinajstić information content (AvgIpc) is 2.91. The number of hydrogen-bond acceptors (Lipinski definition) is 3. The lowest BCUT2D eigenvalue weighted by molar-refractivity contribution is 0.212. The van der Waals surface area contributed by atoms with Gasteiger partial charge in [0.05, 0.1) is 17.5 Å². The number of hydrogen-bond donors (Lipinski definition) is 1. The Kier molecular flexibility index (Phi) is 2.14. The molecule has 4 heteroatoms. The molecule has 0 spiro atoms. The van der Waals surface area contributed by atoms with Crippen molar-refractivity contribution >= 4 is 16.7 Å². The van der Waals surface area contributed by atoms with Gasteiger partial charge in [-0.25, -0.2) is 4.98 Å². The second-order valence-electron chi connectivity index (χ2n) is 5.53. The fourth-order valence-corrected chi connectivity index (χ4v) is 3.52. The van der Waals surface area contributed by atoms with Gasteiger partial charge in [-0.05, 0) is 32.0 Å². The molecule has 2 aromatic rings. The molecular weight excluding hydrogens is 224 g/mol. The standard InChI is InChI=1S/C14H18N4/c1-17-10-5-6-11(17)8-18(7-10)13-4-2-3-12-14(13)16-9-15-12/h2-4,9-11H,5-8H2,1H3,(H,15,16)/t10-,11+. The van der Waals surface area contributed by atoms with E-state index in [1.165, 1.54) is 18.5 Å². The highest BCUT2D eigenvalue weighted by Gasteiger charge is 2.37.